The molecule has 3 aliphatic heterocycles. The number of piperidine rings is 1. The van der Waals surface area contributed by atoms with Crippen LogP contribution in [0, 0.1) is 5.92 Å². The van der Waals surface area contributed by atoms with Gasteiger partial charge in [-0.1, -0.05) is 36.4 Å². The fourth-order valence-corrected chi connectivity index (χ4v) is 5.74. The molecule has 8 heteroatoms. The highest BCUT2D eigenvalue weighted by atomic mass is 35.5. The lowest BCUT2D eigenvalue weighted by atomic mass is 9.82. The van der Waals surface area contributed by atoms with Crippen LogP contribution >= 0.6 is 24.8 Å². The van der Waals surface area contributed by atoms with Crippen molar-refractivity contribution in [1.82, 2.24) is 19.7 Å². The highest BCUT2D eigenvalue weighted by Crippen LogP contribution is 2.36. The number of hydrogen-bond acceptors (Lipinski definition) is 4. The van der Waals surface area contributed by atoms with Crippen molar-refractivity contribution < 1.29 is 4.79 Å². The van der Waals surface area contributed by atoms with Crippen LogP contribution in [0.1, 0.15) is 48.0 Å². The number of carbonyl (C=O) groups excluding carboxylic acids is 1. The molecule has 1 amide bonds. The average molecular weight is 493 g/mol. The van der Waals surface area contributed by atoms with Crippen molar-refractivity contribution in [2.45, 2.75) is 50.4 Å². The summed E-state index contributed by atoms with van der Waals surface area (Å²) < 4.78 is 1.98. The highest BCUT2D eigenvalue weighted by molar-refractivity contribution is 5.85. The number of nitrogens with zero attached hydrogens (tertiary/aromatic N) is 3. The van der Waals surface area contributed by atoms with Gasteiger partial charge >= 0.3 is 0 Å². The summed E-state index contributed by atoms with van der Waals surface area (Å²) in [6.45, 7) is 2.86. The van der Waals surface area contributed by atoms with Gasteiger partial charge in [0.25, 0.3) is 5.56 Å². The lowest BCUT2D eigenvalue weighted by molar-refractivity contribution is -0.135. The molecular weight excluding hydrogens is 459 g/mol. The van der Waals surface area contributed by atoms with Crippen LogP contribution in [0.3, 0.4) is 0 Å². The smallest absolute Gasteiger partial charge is 0.255 e. The van der Waals surface area contributed by atoms with Gasteiger partial charge in [0.1, 0.15) is 0 Å². The van der Waals surface area contributed by atoms with E-state index in [9.17, 15) is 9.59 Å². The van der Waals surface area contributed by atoms with Gasteiger partial charge in [0.05, 0.1) is 6.04 Å². The van der Waals surface area contributed by atoms with Crippen LogP contribution in [0.2, 0.25) is 0 Å². The van der Waals surface area contributed by atoms with E-state index in [0.29, 0.717) is 12.5 Å². The molecule has 33 heavy (non-hydrogen) atoms. The summed E-state index contributed by atoms with van der Waals surface area (Å²) in [5.74, 6) is 0.839. The molecule has 4 atom stereocenters. The van der Waals surface area contributed by atoms with Crippen LogP contribution in [-0.2, 0) is 17.9 Å². The molecule has 0 saturated carbocycles. The van der Waals surface area contributed by atoms with Crippen molar-refractivity contribution in [3.8, 4) is 0 Å². The predicted octanol–water partition coefficient (Wildman–Crippen LogP) is 3.19. The predicted molar refractivity (Wildman–Crippen MR) is 135 cm³/mol. The molecular formula is C25H34Cl2N4O2. The molecule has 2 fully saturated rings. The van der Waals surface area contributed by atoms with Crippen molar-refractivity contribution in [2.24, 2.45) is 5.92 Å². The van der Waals surface area contributed by atoms with Gasteiger partial charge in [-0.3, -0.25) is 14.9 Å². The average Bonchev–Trinajstić information content (AvgIpc) is 3.26. The minimum atomic E-state index is -0.103. The Morgan fingerprint density at radius 1 is 1.03 bits per heavy atom. The lowest BCUT2D eigenvalue weighted by Gasteiger charge is -2.43. The van der Waals surface area contributed by atoms with Gasteiger partial charge in [-0.25, -0.2) is 0 Å². The summed E-state index contributed by atoms with van der Waals surface area (Å²) in [6, 6.07) is 14.7. The van der Waals surface area contributed by atoms with Crippen LogP contribution in [0.15, 0.2) is 47.3 Å². The van der Waals surface area contributed by atoms with Crippen molar-refractivity contribution in [2.75, 3.05) is 27.2 Å². The molecule has 1 aromatic carbocycles. The van der Waals surface area contributed by atoms with Crippen LogP contribution in [0.4, 0.5) is 0 Å². The number of nitrogens with one attached hydrogen (secondary N) is 1. The second-order valence-corrected chi connectivity index (χ2v) is 9.74. The summed E-state index contributed by atoms with van der Waals surface area (Å²) in [4.78, 5) is 30.5. The first-order valence-electron chi connectivity index (χ1n) is 11.5. The Morgan fingerprint density at radius 2 is 1.79 bits per heavy atom. The molecule has 2 bridgehead atoms. The van der Waals surface area contributed by atoms with Gasteiger partial charge in [0.15, 0.2) is 0 Å². The van der Waals surface area contributed by atoms with E-state index in [1.807, 2.05) is 35.7 Å². The van der Waals surface area contributed by atoms with Gasteiger partial charge in [0, 0.05) is 49.4 Å². The Bertz CT molecular complexity index is 1030. The Morgan fingerprint density at radius 3 is 2.52 bits per heavy atom. The van der Waals surface area contributed by atoms with E-state index in [2.05, 4.69) is 40.5 Å². The third-order valence-electron chi connectivity index (χ3n) is 7.13. The molecule has 0 aliphatic carbocycles. The van der Waals surface area contributed by atoms with E-state index in [4.69, 9.17) is 0 Å². The Balaban J connectivity index is 0.00000153. The SMILES string of the molecule is CN(C)Cc1ccc2n(c1=O)C[C@H]1C[C@@H]2CN(C(=O)[C@H]2CC[C@H](c3ccccc3)N2)C1.Cl.Cl. The lowest BCUT2D eigenvalue weighted by Crippen LogP contribution is -2.53. The molecule has 2 saturated heterocycles. The monoisotopic (exact) mass is 492 g/mol. The Kier molecular flexibility index (Phi) is 8.27. The normalized spacial score (nSPS) is 25.7. The second-order valence-electron chi connectivity index (χ2n) is 9.74. The summed E-state index contributed by atoms with van der Waals surface area (Å²) in [7, 11) is 3.97. The molecule has 5 rings (SSSR count). The topological polar surface area (TPSA) is 57.6 Å². The fourth-order valence-electron chi connectivity index (χ4n) is 5.74. The minimum Gasteiger partial charge on any atom is -0.340 e. The largest absolute Gasteiger partial charge is 0.340 e. The molecule has 0 spiro atoms. The van der Waals surface area contributed by atoms with E-state index in [0.717, 1.165) is 50.2 Å². The maximum Gasteiger partial charge on any atom is 0.255 e. The van der Waals surface area contributed by atoms with E-state index in [-0.39, 0.29) is 54.3 Å². The Labute approximate surface area is 208 Å². The van der Waals surface area contributed by atoms with E-state index < -0.39 is 0 Å². The molecule has 6 nitrogen and oxygen atoms in total. The summed E-state index contributed by atoms with van der Waals surface area (Å²) in [5, 5.41) is 3.57. The first-order chi connectivity index (χ1) is 15.0. The summed E-state index contributed by atoms with van der Waals surface area (Å²) in [5.41, 5.74) is 3.35. The number of rotatable bonds is 4. The number of aromatic nitrogens is 1. The number of carbonyl (C=O) groups is 1. The van der Waals surface area contributed by atoms with E-state index in [1.54, 1.807) is 0 Å². The quantitative estimate of drug-likeness (QED) is 0.711. The van der Waals surface area contributed by atoms with Gasteiger partial charge in [-0.05, 0) is 50.9 Å². The summed E-state index contributed by atoms with van der Waals surface area (Å²) >= 11 is 0. The van der Waals surface area contributed by atoms with Crippen molar-refractivity contribution >= 4 is 30.7 Å². The van der Waals surface area contributed by atoms with Crippen LogP contribution in [0.5, 0.6) is 0 Å². The molecule has 4 heterocycles. The number of pyridine rings is 1. The zero-order chi connectivity index (χ0) is 21.5. The first-order valence-corrected chi connectivity index (χ1v) is 11.5. The van der Waals surface area contributed by atoms with Crippen LogP contribution in [0.25, 0.3) is 0 Å². The van der Waals surface area contributed by atoms with Crippen LogP contribution < -0.4 is 10.9 Å². The third kappa shape index (κ3) is 5.14. The number of amides is 1. The zero-order valence-electron chi connectivity index (χ0n) is 19.3. The number of fused-ring (bicyclic) bond motifs is 4. The molecule has 1 aromatic heterocycles. The maximum atomic E-state index is 13.4. The first kappa shape index (κ1) is 25.8. The van der Waals surface area contributed by atoms with Gasteiger partial charge in [-0.15, -0.1) is 24.8 Å². The van der Waals surface area contributed by atoms with Gasteiger partial charge in [-0.2, -0.15) is 0 Å². The van der Waals surface area contributed by atoms with E-state index in [1.165, 1.54) is 5.56 Å². The van der Waals surface area contributed by atoms with Crippen molar-refractivity contribution in [3.63, 3.8) is 0 Å². The molecule has 180 valence electrons. The highest BCUT2D eigenvalue weighted by Gasteiger charge is 2.40. The molecule has 0 unspecified atom stereocenters. The van der Waals surface area contributed by atoms with Crippen molar-refractivity contribution in [1.29, 1.82) is 0 Å². The van der Waals surface area contributed by atoms with Crippen molar-refractivity contribution in [3.05, 3.63) is 69.6 Å². The zero-order valence-corrected chi connectivity index (χ0v) is 20.9. The number of halogens is 2. The summed E-state index contributed by atoms with van der Waals surface area (Å²) in [6.07, 6.45) is 2.95. The number of benzene rings is 1. The minimum absolute atomic E-state index is 0. The standard InChI is InChI=1S/C25H32N4O2.2ClH/c1-27(2)15-19-8-11-23-20-12-17(14-29(23)24(19)30)13-28(16-20)25(31)22-10-9-21(26-22)18-6-4-3-5-7-18;;/h3-8,11,17,20-22,26H,9-10,12-16H2,1-2H3;2*1H/t17-,20+,21+,22+;;/m0../s1. The second kappa shape index (κ2) is 10.6. The fraction of sp³-hybridized carbons (Fsp3) is 0.520. The van der Waals surface area contributed by atoms with Crippen LogP contribution in [-0.4, -0.2) is 53.5 Å². The molecule has 1 N–H and O–H groups in total. The molecule has 3 aliphatic rings. The number of likely N-dealkylation sites (tertiary alicyclic amines) is 1. The van der Waals surface area contributed by atoms with E-state index >= 15 is 0 Å². The molecule has 0 radical (unpaired) electrons. The van der Waals surface area contributed by atoms with Gasteiger partial charge < -0.3 is 14.4 Å². The number of hydrogen-bond donors (Lipinski definition) is 1. The maximum absolute atomic E-state index is 13.4. The molecule has 2 aromatic rings. The third-order valence-corrected chi connectivity index (χ3v) is 7.13. The van der Waals surface area contributed by atoms with Gasteiger partial charge in [0.2, 0.25) is 5.91 Å². The Hall–Kier alpha value is -1.86.